The summed E-state index contributed by atoms with van der Waals surface area (Å²) < 4.78 is 10.6. The molecule has 1 aromatic rings. The predicted octanol–water partition coefficient (Wildman–Crippen LogP) is 0.216. The minimum Gasteiger partial charge on any atom is -0.445 e. The molecular formula is C23H37N5O5. The SMILES string of the molecule is CC(C)C[C@H](NC(=O)OCc1ccncc1)C(=O)NC1CN(CCN2CCOCC2)CC1O. The minimum absolute atomic E-state index is 0.101. The van der Waals surface area contributed by atoms with Crippen molar-refractivity contribution in [2.75, 3.05) is 52.5 Å². The molecule has 10 nitrogen and oxygen atoms in total. The lowest BCUT2D eigenvalue weighted by Crippen LogP contribution is -2.53. The monoisotopic (exact) mass is 463 g/mol. The number of ether oxygens (including phenoxy) is 2. The van der Waals surface area contributed by atoms with Gasteiger partial charge < -0.3 is 25.2 Å². The predicted molar refractivity (Wildman–Crippen MR) is 122 cm³/mol. The molecule has 2 amide bonds. The summed E-state index contributed by atoms with van der Waals surface area (Å²) in [5.74, 6) is -0.108. The number of nitrogens with zero attached hydrogens (tertiary/aromatic N) is 3. The molecule has 2 aliphatic heterocycles. The van der Waals surface area contributed by atoms with Gasteiger partial charge in [-0.2, -0.15) is 0 Å². The van der Waals surface area contributed by atoms with E-state index in [1.807, 2.05) is 13.8 Å². The van der Waals surface area contributed by atoms with Crippen LogP contribution in [0, 0.1) is 5.92 Å². The molecule has 0 spiro atoms. The molecule has 33 heavy (non-hydrogen) atoms. The van der Waals surface area contributed by atoms with Crippen LogP contribution >= 0.6 is 0 Å². The Balaban J connectivity index is 1.46. The van der Waals surface area contributed by atoms with Crippen molar-refractivity contribution in [2.45, 2.75) is 45.1 Å². The number of aliphatic hydroxyl groups excluding tert-OH is 1. The van der Waals surface area contributed by atoms with E-state index in [2.05, 4.69) is 25.4 Å². The molecular weight excluding hydrogens is 426 g/mol. The topological polar surface area (TPSA) is 116 Å². The van der Waals surface area contributed by atoms with Gasteiger partial charge in [0.15, 0.2) is 0 Å². The lowest BCUT2D eigenvalue weighted by Gasteiger charge is -2.28. The number of amides is 2. The normalized spacial score (nSPS) is 22.8. The zero-order chi connectivity index (χ0) is 23.6. The Morgan fingerprint density at radius 3 is 2.58 bits per heavy atom. The van der Waals surface area contributed by atoms with Crippen molar-refractivity contribution >= 4 is 12.0 Å². The molecule has 2 unspecified atom stereocenters. The summed E-state index contributed by atoms with van der Waals surface area (Å²) in [6.07, 6.45) is 2.44. The smallest absolute Gasteiger partial charge is 0.408 e. The van der Waals surface area contributed by atoms with Gasteiger partial charge in [0.1, 0.15) is 12.6 Å². The summed E-state index contributed by atoms with van der Waals surface area (Å²) in [6.45, 7) is 10.3. The molecule has 0 bridgehead atoms. The molecule has 1 aromatic heterocycles. The van der Waals surface area contributed by atoms with E-state index < -0.39 is 18.2 Å². The minimum atomic E-state index is -0.732. The summed E-state index contributed by atoms with van der Waals surface area (Å²) in [5, 5.41) is 16.1. The highest BCUT2D eigenvalue weighted by atomic mass is 16.5. The lowest BCUT2D eigenvalue weighted by molar-refractivity contribution is -0.124. The molecule has 3 atom stereocenters. The van der Waals surface area contributed by atoms with Gasteiger partial charge in [0.2, 0.25) is 5.91 Å². The van der Waals surface area contributed by atoms with Crippen LogP contribution in [0.5, 0.6) is 0 Å². The average molecular weight is 464 g/mol. The fraction of sp³-hybridized carbons (Fsp3) is 0.696. The number of aliphatic hydroxyl groups is 1. The third-order valence-corrected chi connectivity index (χ3v) is 5.96. The van der Waals surface area contributed by atoms with E-state index in [0.29, 0.717) is 19.5 Å². The van der Waals surface area contributed by atoms with Crippen LogP contribution < -0.4 is 10.6 Å². The van der Waals surface area contributed by atoms with E-state index >= 15 is 0 Å². The number of alkyl carbamates (subject to hydrolysis) is 1. The highest BCUT2D eigenvalue weighted by molar-refractivity contribution is 5.85. The van der Waals surface area contributed by atoms with Crippen molar-refractivity contribution in [1.82, 2.24) is 25.4 Å². The molecule has 3 rings (SSSR count). The Kier molecular flexibility index (Phi) is 9.86. The van der Waals surface area contributed by atoms with Crippen LogP contribution in [0.15, 0.2) is 24.5 Å². The van der Waals surface area contributed by atoms with Crippen LogP contribution in [0.25, 0.3) is 0 Å². The second kappa shape index (κ2) is 12.8. The summed E-state index contributed by atoms with van der Waals surface area (Å²) in [6, 6.07) is 2.42. The van der Waals surface area contributed by atoms with E-state index in [0.717, 1.165) is 45.0 Å². The third kappa shape index (κ3) is 8.54. The second-order valence-corrected chi connectivity index (χ2v) is 9.15. The Labute approximate surface area is 195 Å². The Hall–Kier alpha value is -2.27. The van der Waals surface area contributed by atoms with Gasteiger partial charge in [-0.3, -0.25) is 19.6 Å². The maximum atomic E-state index is 13.0. The first-order chi connectivity index (χ1) is 15.9. The maximum absolute atomic E-state index is 13.0. The molecule has 10 heteroatoms. The lowest BCUT2D eigenvalue weighted by atomic mass is 10.0. The van der Waals surface area contributed by atoms with Crippen LogP contribution in [-0.4, -0.2) is 103 Å². The number of rotatable bonds is 10. The number of carbonyl (C=O) groups excluding carboxylic acids is 2. The number of nitrogens with one attached hydrogen (secondary N) is 2. The summed E-state index contributed by atoms with van der Waals surface area (Å²) in [7, 11) is 0. The number of aromatic nitrogens is 1. The Morgan fingerprint density at radius 1 is 1.18 bits per heavy atom. The van der Waals surface area contributed by atoms with Gasteiger partial charge in [0.25, 0.3) is 0 Å². The molecule has 3 N–H and O–H groups in total. The van der Waals surface area contributed by atoms with Crippen LogP contribution in [0.1, 0.15) is 25.8 Å². The highest BCUT2D eigenvalue weighted by Gasteiger charge is 2.34. The molecule has 2 aliphatic rings. The Morgan fingerprint density at radius 2 is 1.88 bits per heavy atom. The summed E-state index contributed by atoms with van der Waals surface area (Å²) in [5.41, 5.74) is 0.816. The molecule has 0 aromatic carbocycles. The van der Waals surface area contributed by atoms with Crippen LogP contribution in [0.2, 0.25) is 0 Å². The highest BCUT2D eigenvalue weighted by Crippen LogP contribution is 2.13. The van der Waals surface area contributed by atoms with Crippen molar-refractivity contribution in [3.8, 4) is 0 Å². The van der Waals surface area contributed by atoms with Crippen molar-refractivity contribution < 1.29 is 24.2 Å². The first kappa shape index (κ1) is 25.4. The van der Waals surface area contributed by atoms with Crippen molar-refractivity contribution in [1.29, 1.82) is 0 Å². The Bertz CT molecular complexity index is 744. The summed E-state index contributed by atoms with van der Waals surface area (Å²) >= 11 is 0. The fourth-order valence-electron chi connectivity index (χ4n) is 4.10. The third-order valence-electron chi connectivity index (χ3n) is 5.96. The number of hydrogen-bond acceptors (Lipinski definition) is 8. The van der Waals surface area contributed by atoms with E-state index in [-0.39, 0.29) is 24.5 Å². The van der Waals surface area contributed by atoms with Crippen LogP contribution in [-0.2, 0) is 20.9 Å². The summed E-state index contributed by atoms with van der Waals surface area (Å²) in [4.78, 5) is 33.7. The van der Waals surface area contributed by atoms with Gasteiger partial charge in [0.05, 0.1) is 25.4 Å². The van der Waals surface area contributed by atoms with Crippen molar-refractivity contribution in [2.24, 2.45) is 5.92 Å². The number of carbonyl (C=O) groups is 2. The number of morpholine rings is 1. The van der Waals surface area contributed by atoms with Gasteiger partial charge in [-0.25, -0.2) is 4.79 Å². The van der Waals surface area contributed by atoms with Gasteiger partial charge in [-0.15, -0.1) is 0 Å². The van der Waals surface area contributed by atoms with Crippen molar-refractivity contribution in [3.63, 3.8) is 0 Å². The standard InChI is InChI=1S/C23H37N5O5/c1-17(2)13-19(26-23(31)33-16-18-3-5-24-6-4-18)22(30)25-20-14-28(15-21(20)29)8-7-27-9-11-32-12-10-27/h3-6,17,19-21,29H,7-16H2,1-2H3,(H,25,30)(H,26,31)/t19-,20?,21?/m0/s1. The van der Waals surface area contributed by atoms with E-state index in [4.69, 9.17) is 9.47 Å². The van der Waals surface area contributed by atoms with Gasteiger partial charge in [-0.1, -0.05) is 13.8 Å². The molecule has 184 valence electrons. The molecule has 2 saturated heterocycles. The van der Waals surface area contributed by atoms with Crippen molar-refractivity contribution in [3.05, 3.63) is 30.1 Å². The second-order valence-electron chi connectivity index (χ2n) is 9.15. The maximum Gasteiger partial charge on any atom is 0.408 e. The largest absolute Gasteiger partial charge is 0.445 e. The number of hydrogen-bond donors (Lipinski definition) is 3. The van der Waals surface area contributed by atoms with Gasteiger partial charge in [0, 0.05) is 51.7 Å². The molecule has 0 aliphatic carbocycles. The van der Waals surface area contributed by atoms with E-state index in [1.54, 1.807) is 24.5 Å². The number of pyridine rings is 1. The quantitative estimate of drug-likeness (QED) is 0.451. The van der Waals surface area contributed by atoms with Crippen LogP contribution in [0.4, 0.5) is 4.79 Å². The van der Waals surface area contributed by atoms with Gasteiger partial charge >= 0.3 is 6.09 Å². The zero-order valence-electron chi connectivity index (χ0n) is 19.6. The van der Waals surface area contributed by atoms with E-state index in [9.17, 15) is 14.7 Å². The molecule has 0 saturated carbocycles. The average Bonchev–Trinajstić information content (AvgIpc) is 3.16. The zero-order valence-corrected chi connectivity index (χ0v) is 19.6. The fourth-order valence-corrected chi connectivity index (χ4v) is 4.10. The molecule has 3 heterocycles. The molecule has 0 radical (unpaired) electrons. The van der Waals surface area contributed by atoms with Gasteiger partial charge in [-0.05, 0) is 30.0 Å². The first-order valence-corrected chi connectivity index (χ1v) is 11.7. The molecule has 2 fully saturated rings. The number of β-amino-alcohol motifs (C(OH)–C–C–N with tert-alkyl or cyclic N) is 1. The van der Waals surface area contributed by atoms with E-state index in [1.165, 1.54) is 0 Å². The van der Waals surface area contributed by atoms with Crippen LogP contribution in [0.3, 0.4) is 0 Å². The number of likely N-dealkylation sites (tertiary alicyclic amines) is 1. The first-order valence-electron chi connectivity index (χ1n) is 11.7.